The fourth-order valence-electron chi connectivity index (χ4n) is 3.32. The Hall–Kier alpha value is -2.12. The summed E-state index contributed by atoms with van der Waals surface area (Å²) in [6.45, 7) is 0.145. The zero-order valence-electron chi connectivity index (χ0n) is 15.2. The van der Waals surface area contributed by atoms with Gasteiger partial charge in [-0.2, -0.15) is 13.2 Å². The SMILES string of the molecule is COc1ccc(CCC(=O)N2CCCCC2C(F)(F)F)c(OC)c1OC. The molecule has 2 rings (SSSR count). The van der Waals surface area contributed by atoms with Crippen LogP contribution in [0.5, 0.6) is 17.2 Å². The topological polar surface area (TPSA) is 48.0 Å². The number of hydrogen-bond acceptors (Lipinski definition) is 4. The van der Waals surface area contributed by atoms with Gasteiger partial charge in [-0.15, -0.1) is 0 Å². The lowest BCUT2D eigenvalue weighted by Gasteiger charge is -2.36. The van der Waals surface area contributed by atoms with Crippen LogP contribution in [-0.4, -0.2) is 50.9 Å². The largest absolute Gasteiger partial charge is 0.493 e. The molecule has 0 radical (unpaired) electrons. The maximum absolute atomic E-state index is 13.2. The molecule has 26 heavy (non-hydrogen) atoms. The third-order valence-electron chi connectivity index (χ3n) is 4.59. The Labute approximate surface area is 151 Å². The minimum Gasteiger partial charge on any atom is -0.493 e. The highest BCUT2D eigenvalue weighted by Gasteiger charge is 2.46. The number of carbonyl (C=O) groups excluding carboxylic acids is 1. The summed E-state index contributed by atoms with van der Waals surface area (Å²) < 4.78 is 55.4. The van der Waals surface area contributed by atoms with Crippen LogP contribution in [0.2, 0.25) is 0 Å². The van der Waals surface area contributed by atoms with Gasteiger partial charge in [0.2, 0.25) is 11.7 Å². The standard InChI is InChI=1S/C18H24F3NO4/c1-24-13-9-7-12(16(25-2)17(13)26-3)8-10-15(23)22-11-5-4-6-14(22)18(19,20)21/h7,9,14H,4-6,8,10-11H2,1-3H3. The second-order valence-electron chi connectivity index (χ2n) is 6.13. The van der Waals surface area contributed by atoms with Gasteiger partial charge in [0, 0.05) is 13.0 Å². The molecule has 8 heteroatoms. The van der Waals surface area contributed by atoms with Gasteiger partial charge in [-0.25, -0.2) is 0 Å². The first-order valence-corrected chi connectivity index (χ1v) is 8.47. The Balaban J connectivity index is 2.14. The fourth-order valence-corrected chi connectivity index (χ4v) is 3.32. The lowest BCUT2D eigenvalue weighted by atomic mass is 10.00. The number of nitrogens with zero attached hydrogens (tertiary/aromatic N) is 1. The van der Waals surface area contributed by atoms with E-state index in [1.165, 1.54) is 21.3 Å². The number of methoxy groups -OCH3 is 3. The summed E-state index contributed by atoms with van der Waals surface area (Å²) in [5, 5.41) is 0. The average Bonchev–Trinajstić information content (AvgIpc) is 2.64. The molecule has 0 spiro atoms. The number of rotatable bonds is 6. The Morgan fingerprint density at radius 2 is 1.81 bits per heavy atom. The summed E-state index contributed by atoms with van der Waals surface area (Å²) in [5.74, 6) is 0.799. The number of aryl methyl sites for hydroxylation is 1. The number of piperidine rings is 1. The van der Waals surface area contributed by atoms with Gasteiger partial charge in [0.25, 0.3) is 0 Å². The molecule has 1 atom stereocenters. The Bertz CT molecular complexity index is 634. The minimum absolute atomic E-state index is 0.0293. The second-order valence-corrected chi connectivity index (χ2v) is 6.13. The molecule has 1 heterocycles. The van der Waals surface area contributed by atoms with E-state index in [4.69, 9.17) is 14.2 Å². The van der Waals surface area contributed by atoms with Gasteiger partial charge < -0.3 is 19.1 Å². The second kappa shape index (κ2) is 8.51. The summed E-state index contributed by atoms with van der Waals surface area (Å²) >= 11 is 0. The molecular formula is C18H24F3NO4. The minimum atomic E-state index is -4.39. The van der Waals surface area contributed by atoms with Crippen LogP contribution < -0.4 is 14.2 Å². The van der Waals surface area contributed by atoms with E-state index in [1.54, 1.807) is 12.1 Å². The van der Waals surface area contributed by atoms with Crippen molar-refractivity contribution in [2.75, 3.05) is 27.9 Å². The molecule has 1 aliphatic heterocycles. The lowest BCUT2D eigenvalue weighted by Crippen LogP contribution is -2.51. The Kier molecular flexibility index (Phi) is 6.61. The molecule has 0 saturated carbocycles. The zero-order valence-corrected chi connectivity index (χ0v) is 15.2. The van der Waals surface area contributed by atoms with E-state index in [9.17, 15) is 18.0 Å². The normalized spacial score (nSPS) is 17.8. The summed E-state index contributed by atoms with van der Waals surface area (Å²) in [6.07, 6.45) is -3.12. The van der Waals surface area contributed by atoms with Crippen molar-refractivity contribution in [3.05, 3.63) is 17.7 Å². The Morgan fingerprint density at radius 1 is 1.12 bits per heavy atom. The number of amides is 1. The number of halogens is 3. The highest BCUT2D eigenvalue weighted by molar-refractivity contribution is 5.77. The third kappa shape index (κ3) is 4.34. The Morgan fingerprint density at radius 3 is 2.38 bits per heavy atom. The quantitative estimate of drug-likeness (QED) is 0.763. The maximum Gasteiger partial charge on any atom is 0.408 e. The first kappa shape index (κ1) is 20.2. The average molecular weight is 375 g/mol. The highest BCUT2D eigenvalue weighted by Crippen LogP contribution is 2.40. The molecule has 1 aliphatic rings. The van der Waals surface area contributed by atoms with Crippen molar-refractivity contribution < 1.29 is 32.2 Å². The van der Waals surface area contributed by atoms with Crippen molar-refractivity contribution >= 4 is 5.91 Å². The van der Waals surface area contributed by atoms with Gasteiger partial charge in [0.1, 0.15) is 6.04 Å². The van der Waals surface area contributed by atoms with Gasteiger partial charge in [0.05, 0.1) is 21.3 Å². The van der Waals surface area contributed by atoms with Crippen molar-refractivity contribution in [1.82, 2.24) is 4.90 Å². The highest BCUT2D eigenvalue weighted by atomic mass is 19.4. The molecule has 1 aromatic carbocycles. The molecular weight excluding hydrogens is 351 g/mol. The zero-order chi connectivity index (χ0) is 19.3. The smallest absolute Gasteiger partial charge is 0.408 e. The summed E-state index contributed by atoms with van der Waals surface area (Å²) in [4.78, 5) is 13.4. The monoisotopic (exact) mass is 375 g/mol. The first-order chi connectivity index (χ1) is 12.3. The molecule has 1 unspecified atom stereocenters. The van der Waals surface area contributed by atoms with Crippen LogP contribution >= 0.6 is 0 Å². The molecule has 0 aromatic heterocycles. The lowest BCUT2D eigenvalue weighted by molar-refractivity contribution is -0.195. The van der Waals surface area contributed by atoms with Gasteiger partial charge >= 0.3 is 6.18 Å². The molecule has 0 bridgehead atoms. The van der Waals surface area contributed by atoms with Crippen LogP contribution in [0.4, 0.5) is 13.2 Å². The van der Waals surface area contributed by atoms with Crippen molar-refractivity contribution in [2.24, 2.45) is 0 Å². The molecule has 1 aromatic rings. The van der Waals surface area contributed by atoms with Gasteiger partial charge in [0.15, 0.2) is 11.5 Å². The first-order valence-electron chi connectivity index (χ1n) is 8.47. The fraction of sp³-hybridized carbons (Fsp3) is 0.611. The van der Waals surface area contributed by atoms with Gasteiger partial charge in [-0.05, 0) is 37.3 Å². The summed E-state index contributed by atoms with van der Waals surface area (Å²) in [6, 6.07) is 1.72. The van der Waals surface area contributed by atoms with E-state index in [-0.39, 0.29) is 25.8 Å². The van der Waals surface area contributed by atoms with Crippen LogP contribution in [0.3, 0.4) is 0 Å². The number of alkyl halides is 3. The number of ether oxygens (including phenoxy) is 3. The van der Waals surface area contributed by atoms with E-state index in [2.05, 4.69) is 0 Å². The van der Waals surface area contributed by atoms with Crippen molar-refractivity contribution in [3.63, 3.8) is 0 Å². The van der Waals surface area contributed by atoms with Crippen LogP contribution in [-0.2, 0) is 11.2 Å². The number of carbonyl (C=O) groups is 1. The number of benzene rings is 1. The summed E-state index contributed by atoms with van der Waals surface area (Å²) in [5.41, 5.74) is 0.680. The van der Waals surface area contributed by atoms with E-state index in [0.29, 0.717) is 35.7 Å². The van der Waals surface area contributed by atoms with Crippen molar-refractivity contribution in [1.29, 1.82) is 0 Å². The molecule has 146 valence electrons. The molecule has 1 amide bonds. The van der Waals surface area contributed by atoms with Crippen LogP contribution in [0.15, 0.2) is 12.1 Å². The molecule has 1 fully saturated rings. The van der Waals surface area contributed by atoms with Crippen LogP contribution in [0.1, 0.15) is 31.2 Å². The van der Waals surface area contributed by atoms with Crippen molar-refractivity contribution in [3.8, 4) is 17.2 Å². The molecule has 0 N–H and O–H groups in total. The maximum atomic E-state index is 13.2. The number of likely N-dealkylation sites (tertiary alicyclic amines) is 1. The predicted octanol–water partition coefficient (Wildman–Crippen LogP) is 3.59. The van der Waals surface area contributed by atoms with Crippen LogP contribution in [0, 0.1) is 0 Å². The number of hydrogen-bond donors (Lipinski definition) is 0. The van der Waals surface area contributed by atoms with E-state index < -0.39 is 18.1 Å². The summed E-state index contributed by atoms with van der Waals surface area (Å²) in [7, 11) is 4.43. The molecule has 0 aliphatic carbocycles. The van der Waals surface area contributed by atoms with Gasteiger partial charge in [-0.3, -0.25) is 4.79 Å². The predicted molar refractivity (Wildman–Crippen MR) is 89.8 cm³/mol. The third-order valence-corrected chi connectivity index (χ3v) is 4.59. The molecule has 5 nitrogen and oxygen atoms in total. The molecule has 1 saturated heterocycles. The van der Waals surface area contributed by atoms with E-state index >= 15 is 0 Å². The van der Waals surface area contributed by atoms with Crippen molar-refractivity contribution in [2.45, 2.75) is 44.3 Å². The van der Waals surface area contributed by atoms with E-state index in [0.717, 1.165) is 4.90 Å². The van der Waals surface area contributed by atoms with Gasteiger partial charge in [-0.1, -0.05) is 6.07 Å². The van der Waals surface area contributed by atoms with E-state index in [1.807, 2.05) is 0 Å². The van der Waals surface area contributed by atoms with Crippen LogP contribution in [0.25, 0.3) is 0 Å².